The Morgan fingerprint density at radius 1 is 1.13 bits per heavy atom. The van der Waals surface area contributed by atoms with E-state index in [2.05, 4.69) is 38.8 Å². The van der Waals surface area contributed by atoms with Gasteiger partial charge >= 0.3 is 0 Å². The van der Waals surface area contributed by atoms with Gasteiger partial charge in [-0.1, -0.05) is 20.8 Å². The van der Waals surface area contributed by atoms with Crippen LogP contribution in [0.4, 0.5) is 0 Å². The van der Waals surface area contributed by atoms with Crippen LogP contribution in [0.25, 0.3) is 0 Å². The first-order valence-electron chi connectivity index (χ1n) is 10.5. The number of thiazole rings is 1. The summed E-state index contributed by atoms with van der Waals surface area (Å²) in [4.78, 5) is 4.59. The summed E-state index contributed by atoms with van der Waals surface area (Å²) in [6, 6.07) is 0. The molecule has 1 unspecified atom stereocenters. The number of ether oxygens (including phenoxy) is 5. The lowest BCUT2D eigenvalue weighted by Crippen LogP contribution is -2.44. The van der Waals surface area contributed by atoms with E-state index in [9.17, 15) is 5.11 Å². The Balaban J connectivity index is 1.88. The molecule has 0 aliphatic carbocycles. The summed E-state index contributed by atoms with van der Waals surface area (Å²) in [6.45, 7) is 16.7. The maximum absolute atomic E-state index is 11.6. The van der Waals surface area contributed by atoms with E-state index in [4.69, 9.17) is 28.1 Å². The van der Waals surface area contributed by atoms with Crippen LogP contribution < -0.4 is 0 Å². The van der Waals surface area contributed by atoms with Gasteiger partial charge in [0.1, 0.15) is 24.0 Å². The van der Waals surface area contributed by atoms with E-state index in [1.54, 1.807) is 26.5 Å². The van der Waals surface area contributed by atoms with E-state index in [0.717, 1.165) is 0 Å². The molecule has 2 aliphatic rings. The van der Waals surface area contributed by atoms with Crippen LogP contribution in [0.1, 0.15) is 52.2 Å². The second kappa shape index (κ2) is 8.10. The number of nitrogens with zero attached hydrogens (tertiary/aromatic N) is 1. The topological polar surface area (TPSA) is 88.5 Å². The summed E-state index contributed by atoms with van der Waals surface area (Å²) in [5, 5.41) is 14.0. The number of rotatable bonds is 7. The third-order valence-electron chi connectivity index (χ3n) is 6.67. The van der Waals surface area contributed by atoms with Gasteiger partial charge in [-0.3, -0.25) is 0 Å². The zero-order valence-electron chi connectivity index (χ0n) is 20.3. The summed E-state index contributed by atoms with van der Waals surface area (Å²) in [5.41, 5.74) is 0.346. The zero-order chi connectivity index (χ0) is 23.5. The number of aromatic nitrogens is 1. The number of fused-ring (bicyclic) bond motifs is 1. The van der Waals surface area contributed by atoms with E-state index in [1.165, 1.54) is 11.3 Å². The van der Waals surface area contributed by atoms with Crippen molar-refractivity contribution in [3.05, 3.63) is 16.1 Å². The third-order valence-corrected chi connectivity index (χ3v) is 12.2. The minimum absolute atomic E-state index is 0.0577. The van der Waals surface area contributed by atoms with E-state index < -0.39 is 44.0 Å². The molecule has 0 amide bonds. The summed E-state index contributed by atoms with van der Waals surface area (Å²) < 4.78 is 35.7. The molecule has 2 fully saturated rings. The average molecular weight is 476 g/mol. The molecule has 0 saturated carbocycles. The third kappa shape index (κ3) is 4.51. The number of hydrogen-bond donors (Lipinski definition) is 1. The van der Waals surface area contributed by atoms with Crippen molar-refractivity contribution < 1.29 is 33.2 Å². The molecule has 31 heavy (non-hydrogen) atoms. The molecule has 1 N–H and O–H groups in total. The molecule has 178 valence electrons. The van der Waals surface area contributed by atoms with Gasteiger partial charge in [-0.2, -0.15) is 0 Å². The van der Waals surface area contributed by atoms with Crippen LogP contribution in [0.15, 0.2) is 5.38 Å². The Bertz CT molecular complexity index is 789. The zero-order valence-corrected chi connectivity index (χ0v) is 22.1. The Kier molecular flexibility index (Phi) is 6.59. The second-order valence-corrected chi connectivity index (χ2v) is 16.0. The van der Waals surface area contributed by atoms with E-state index >= 15 is 0 Å². The Hall–Kier alpha value is -0.433. The van der Waals surface area contributed by atoms with E-state index in [1.807, 2.05) is 13.8 Å². The summed E-state index contributed by atoms with van der Waals surface area (Å²) >= 11 is 1.33. The highest BCUT2D eigenvalue weighted by Gasteiger charge is 2.64. The molecule has 0 bridgehead atoms. The van der Waals surface area contributed by atoms with Crippen LogP contribution in [0.5, 0.6) is 0 Å². The molecule has 0 spiro atoms. The van der Waals surface area contributed by atoms with Gasteiger partial charge in [-0.15, -0.1) is 11.3 Å². The molecular weight excluding hydrogens is 438 g/mol. The molecule has 1 aromatic rings. The number of methoxy groups -OCH3 is 2. The summed E-state index contributed by atoms with van der Waals surface area (Å²) in [6.07, 6.45) is -1.71. The Morgan fingerprint density at radius 3 is 2.29 bits per heavy atom. The largest absolute Gasteiger partial charge is 0.414 e. The first-order chi connectivity index (χ1) is 14.1. The van der Waals surface area contributed by atoms with E-state index in [0.29, 0.717) is 17.3 Å². The average Bonchev–Trinajstić information content (AvgIpc) is 3.34. The SMILES string of the molecule is COC(C)(OC)c1nc(C2(O)O[C@H](CO[Si](C)(C)C(C)(C)C)[C@H]3OC(C)(C)O[C@H]32)cs1. The molecule has 10 heteroatoms. The lowest BCUT2D eigenvalue weighted by Gasteiger charge is -2.37. The van der Waals surface area contributed by atoms with Crippen LogP contribution in [0.2, 0.25) is 18.1 Å². The highest BCUT2D eigenvalue weighted by molar-refractivity contribution is 7.09. The molecule has 1 aromatic heterocycles. The molecule has 8 nitrogen and oxygen atoms in total. The van der Waals surface area contributed by atoms with Crippen molar-refractivity contribution in [3.8, 4) is 0 Å². The van der Waals surface area contributed by atoms with Gasteiger partial charge in [0.25, 0.3) is 0 Å². The van der Waals surface area contributed by atoms with Crippen molar-refractivity contribution in [2.24, 2.45) is 0 Å². The molecule has 2 aliphatic heterocycles. The smallest absolute Gasteiger partial charge is 0.241 e. The quantitative estimate of drug-likeness (QED) is 0.472. The number of hydrogen-bond acceptors (Lipinski definition) is 9. The predicted molar refractivity (Wildman–Crippen MR) is 119 cm³/mol. The first kappa shape index (κ1) is 25.2. The molecule has 3 heterocycles. The fourth-order valence-corrected chi connectivity index (χ4v) is 5.47. The van der Waals surface area contributed by atoms with Gasteiger partial charge < -0.3 is 33.2 Å². The fraction of sp³-hybridized carbons (Fsp3) is 0.857. The monoisotopic (exact) mass is 475 g/mol. The lowest BCUT2D eigenvalue weighted by molar-refractivity contribution is -0.284. The van der Waals surface area contributed by atoms with Gasteiger partial charge in [-0.25, -0.2) is 4.98 Å². The molecular formula is C21H37NO7SSi. The highest BCUT2D eigenvalue weighted by atomic mass is 32.1. The van der Waals surface area contributed by atoms with Crippen molar-refractivity contribution in [3.63, 3.8) is 0 Å². The summed E-state index contributed by atoms with van der Waals surface area (Å²) in [5.74, 6) is -3.64. The van der Waals surface area contributed by atoms with Crippen LogP contribution in [0, 0.1) is 0 Å². The maximum atomic E-state index is 11.6. The standard InChI is InChI=1S/C21H37NO7SSi/c1-18(2,3)31(9,10)26-11-13-15-16(29-19(4,5)28-15)21(23,27-13)14-12-30-17(22-14)20(6,24-7)25-8/h12-13,15-16,23H,11H2,1-10H3/t13-,15-,16-,21?/m1/s1. The normalized spacial score (nSPS) is 31.3. The Morgan fingerprint density at radius 2 is 1.74 bits per heavy atom. The van der Waals surface area contributed by atoms with Gasteiger partial charge in [0.05, 0.1) is 6.61 Å². The summed E-state index contributed by atoms with van der Waals surface area (Å²) in [7, 11) is 1.08. The van der Waals surface area contributed by atoms with Gasteiger partial charge in [0.2, 0.25) is 11.6 Å². The minimum atomic E-state index is -2.01. The van der Waals surface area contributed by atoms with Crippen LogP contribution in [0.3, 0.4) is 0 Å². The fourth-order valence-electron chi connectivity index (χ4n) is 3.48. The molecule has 3 rings (SSSR count). The van der Waals surface area contributed by atoms with Crippen LogP contribution in [-0.2, 0) is 39.7 Å². The molecule has 0 radical (unpaired) electrons. The van der Waals surface area contributed by atoms with Crippen molar-refractivity contribution in [2.75, 3.05) is 20.8 Å². The van der Waals surface area contributed by atoms with Crippen molar-refractivity contribution in [1.29, 1.82) is 0 Å². The predicted octanol–water partition coefficient (Wildman–Crippen LogP) is 3.69. The van der Waals surface area contributed by atoms with Gasteiger partial charge in [0.15, 0.2) is 19.1 Å². The van der Waals surface area contributed by atoms with Crippen LogP contribution in [-0.4, -0.2) is 63.3 Å². The minimum Gasteiger partial charge on any atom is -0.414 e. The van der Waals surface area contributed by atoms with Gasteiger partial charge in [-0.05, 0) is 38.9 Å². The highest BCUT2D eigenvalue weighted by Crippen LogP contribution is 2.49. The molecule has 4 atom stereocenters. The first-order valence-corrected chi connectivity index (χ1v) is 14.3. The molecule has 2 saturated heterocycles. The molecule has 0 aromatic carbocycles. The second-order valence-electron chi connectivity index (χ2n) is 10.3. The van der Waals surface area contributed by atoms with Crippen molar-refractivity contribution >= 4 is 19.7 Å². The maximum Gasteiger partial charge on any atom is 0.241 e. The number of aliphatic hydroxyl groups is 1. The van der Waals surface area contributed by atoms with Crippen molar-refractivity contribution in [1.82, 2.24) is 4.98 Å². The van der Waals surface area contributed by atoms with E-state index in [-0.39, 0.29) is 5.04 Å². The van der Waals surface area contributed by atoms with Crippen LogP contribution >= 0.6 is 11.3 Å². The van der Waals surface area contributed by atoms with Gasteiger partial charge in [0, 0.05) is 19.6 Å². The lowest BCUT2D eigenvalue weighted by atomic mass is 10.0. The Labute approximate surface area is 190 Å². The van der Waals surface area contributed by atoms with Crippen molar-refractivity contribution in [2.45, 2.75) is 95.3 Å².